The fourth-order valence-electron chi connectivity index (χ4n) is 1.99. The molecule has 1 aliphatic rings. The van der Waals surface area contributed by atoms with Gasteiger partial charge in [0.05, 0.1) is 0 Å². The molecule has 1 unspecified atom stereocenters. The Labute approximate surface area is 92.8 Å². The minimum atomic E-state index is -0.00595. The summed E-state index contributed by atoms with van der Waals surface area (Å²) >= 11 is 0. The molecule has 1 rings (SSSR count). The molecule has 0 aromatic rings. The van der Waals surface area contributed by atoms with Crippen molar-refractivity contribution in [2.24, 2.45) is 17.6 Å². The Kier molecular flexibility index (Phi) is 5.09. The molecule has 0 aliphatic heterocycles. The van der Waals surface area contributed by atoms with Crippen LogP contribution in [0.3, 0.4) is 0 Å². The lowest BCUT2D eigenvalue weighted by molar-refractivity contribution is -0.121. The van der Waals surface area contributed by atoms with Crippen molar-refractivity contribution in [1.82, 2.24) is 5.32 Å². The van der Waals surface area contributed by atoms with E-state index >= 15 is 0 Å². The molecule has 3 heteroatoms. The Bertz CT molecular complexity index is 198. The first-order chi connectivity index (χ1) is 7.09. The smallest absolute Gasteiger partial charge is 0.221 e. The number of hydrogen-bond acceptors (Lipinski definition) is 2. The molecular weight excluding hydrogens is 188 g/mol. The van der Waals surface area contributed by atoms with Gasteiger partial charge in [0.1, 0.15) is 0 Å². The summed E-state index contributed by atoms with van der Waals surface area (Å²) in [7, 11) is 0. The average Bonchev–Trinajstić information content (AvgIpc) is 2.66. The zero-order chi connectivity index (χ0) is 11.3. The van der Waals surface area contributed by atoms with Crippen molar-refractivity contribution in [3.05, 3.63) is 0 Å². The first-order valence-electron chi connectivity index (χ1n) is 6.12. The fourth-order valence-corrected chi connectivity index (χ4v) is 1.99. The molecule has 15 heavy (non-hydrogen) atoms. The van der Waals surface area contributed by atoms with Gasteiger partial charge in [-0.15, -0.1) is 0 Å². The van der Waals surface area contributed by atoms with Crippen molar-refractivity contribution in [1.29, 1.82) is 0 Å². The molecule has 0 radical (unpaired) electrons. The van der Waals surface area contributed by atoms with Gasteiger partial charge in [0.25, 0.3) is 0 Å². The largest absolute Gasteiger partial charge is 0.356 e. The molecule has 88 valence electrons. The van der Waals surface area contributed by atoms with Crippen LogP contribution in [-0.2, 0) is 4.79 Å². The normalized spacial score (nSPS) is 19.5. The van der Waals surface area contributed by atoms with Gasteiger partial charge in [-0.25, -0.2) is 0 Å². The van der Waals surface area contributed by atoms with Gasteiger partial charge in [0.2, 0.25) is 5.91 Å². The molecule has 0 aromatic heterocycles. The van der Waals surface area contributed by atoms with Crippen LogP contribution < -0.4 is 11.1 Å². The van der Waals surface area contributed by atoms with Gasteiger partial charge in [-0.1, -0.05) is 26.7 Å². The molecule has 0 bridgehead atoms. The van der Waals surface area contributed by atoms with E-state index in [1.54, 1.807) is 0 Å². The number of nitrogens with one attached hydrogen (secondary N) is 1. The second-order valence-electron chi connectivity index (χ2n) is 5.07. The van der Waals surface area contributed by atoms with Gasteiger partial charge in [0.15, 0.2) is 0 Å². The summed E-state index contributed by atoms with van der Waals surface area (Å²) in [6, 6.07) is -0.00595. The number of carbonyl (C=O) groups excluding carboxylic acids is 1. The lowest BCUT2D eigenvalue weighted by atomic mass is 10.0. The maximum Gasteiger partial charge on any atom is 0.221 e. The van der Waals surface area contributed by atoms with E-state index in [-0.39, 0.29) is 11.9 Å². The van der Waals surface area contributed by atoms with E-state index in [4.69, 9.17) is 5.73 Å². The van der Waals surface area contributed by atoms with Crippen LogP contribution in [0.15, 0.2) is 0 Å². The second-order valence-corrected chi connectivity index (χ2v) is 5.07. The molecule has 1 aliphatic carbocycles. The molecule has 3 nitrogen and oxygen atoms in total. The first kappa shape index (κ1) is 12.5. The highest BCUT2D eigenvalue weighted by atomic mass is 16.1. The van der Waals surface area contributed by atoms with Crippen molar-refractivity contribution in [3.63, 3.8) is 0 Å². The third kappa shape index (κ3) is 4.65. The van der Waals surface area contributed by atoms with E-state index in [2.05, 4.69) is 19.2 Å². The number of hydrogen-bond donors (Lipinski definition) is 2. The van der Waals surface area contributed by atoms with Gasteiger partial charge in [-0.2, -0.15) is 0 Å². The highest BCUT2D eigenvalue weighted by molar-refractivity contribution is 5.76. The predicted octanol–water partition coefficient (Wildman–Crippen LogP) is 1.67. The Morgan fingerprint density at radius 3 is 2.53 bits per heavy atom. The number of nitrogens with two attached hydrogens (primary N) is 1. The number of amides is 1. The molecule has 1 saturated carbocycles. The van der Waals surface area contributed by atoms with Crippen molar-refractivity contribution in [3.8, 4) is 0 Å². The van der Waals surface area contributed by atoms with Gasteiger partial charge in [-0.3, -0.25) is 4.79 Å². The molecule has 1 atom stereocenters. The third-order valence-electron chi connectivity index (χ3n) is 3.34. The van der Waals surface area contributed by atoms with Crippen molar-refractivity contribution >= 4 is 5.91 Å². The predicted molar refractivity (Wildman–Crippen MR) is 62.4 cm³/mol. The maximum atomic E-state index is 11.5. The summed E-state index contributed by atoms with van der Waals surface area (Å²) in [6.45, 7) is 4.95. The summed E-state index contributed by atoms with van der Waals surface area (Å²) in [6.07, 6.45) is 5.66. The summed E-state index contributed by atoms with van der Waals surface area (Å²) in [4.78, 5) is 11.5. The highest BCUT2D eigenvalue weighted by Crippen LogP contribution is 2.23. The Hall–Kier alpha value is -0.570. The van der Waals surface area contributed by atoms with Crippen LogP contribution in [-0.4, -0.2) is 18.5 Å². The van der Waals surface area contributed by atoms with Gasteiger partial charge >= 0.3 is 0 Å². The van der Waals surface area contributed by atoms with Crippen LogP contribution in [0.5, 0.6) is 0 Å². The zero-order valence-electron chi connectivity index (χ0n) is 9.96. The van der Waals surface area contributed by atoms with Gasteiger partial charge < -0.3 is 11.1 Å². The third-order valence-corrected chi connectivity index (χ3v) is 3.34. The standard InChI is InChI=1S/C12H24N2O/c1-9(2)11(13)7-12(15)14-8-10-5-3-4-6-10/h9-11H,3-8,13H2,1-2H3,(H,14,15). The van der Waals surface area contributed by atoms with Crippen LogP contribution in [0.2, 0.25) is 0 Å². The summed E-state index contributed by atoms with van der Waals surface area (Å²) in [5.41, 5.74) is 5.84. The highest BCUT2D eigenvalue weighted by Gasteiger charge is 2.17. The minimum Gasteiger partial charge on any atom is -0.356 e. The lowest BCUT2D eigenvalue weighted by Gasteiger charge is -2.16. The van der Waals surface area contributed by atoms with Gasteiger partial charge in [0, 0.05) is 19.0 Å². The summed E-state index contributed by atoms with van der Waals surface area (Å²) in [5, 5.41) is 2.99. The summed E-state index contributed by atoms with van der Waals surface area (Å²) < 4.78 is 0. The Balaban J connectivity index is 2.12. The zero-order valence-corrected chi connectivity index (χ0v) is 9.96. The fraction of sp³-hybridized carbons (Fsp3) is 0.917. The van der Waals surface area contributed by atoms with Crippen LogP contribution in [0.4, 0.5) is 0 Å². The molecular formula is C12H24N2O. The average molecular weight is 212 g/mol. The Morgan fingerprint density at radius 1 is 1.40 bits per heavy atom. The van der Waals surface area contributed by atoms with E-state index in [0.717, 1.165) is 6.54 Å². The van der Waals surface area contributed by atoms with E-state index in [1.807, 2.05) is 0 Å². The maximum absolute atomic E-state index is 11.5. The molecule has 0 saturated heterocycles. The molecule has 3 N–H and O–H groups in total. The number of rotatable bonds is 5. The van der Waals surface area contributed by atoms with Crippen LogP contribution in [0.1, 0.15) is 46.0 Å². The Morgan fingerprint density at radius 2 is 2.00 bits per heavy atom. The lowest BCUT2D eigenvalue weighted by Crippen LogP contribution is -2.36. The topological polar surface area (TPSA) is 55.1 Å². The van der Waals surface area contributed by atoms with E-state index in [9.17, 15) is 4.79 Å². The van der Waals surface area contributed by atoms with Crippen LogP contribution >= 0.6 is 0 Å². The molecule has 0 aromatic carbocycles. The molecule has 0 spiro atoms. The minimum absolute atomic E-state index is 0.00595. The first-order valence-corrected chi connectivity index (χ1v) is 6.12. The van der Waals surface area contributed by atoms with E-state index < -0.39 is 0 Å². The SMILES string of the molecule is CC(C)C(N)CC(=O)NCC1CCCC1. The van der Waals surface area contributed by atoms with Crippen LogP contribution in [0.25, 0.3) is 0 Å². The summed E-state index contributed by atoms with van der Waals surface area (Å²) in [5.74, 6) is 1.20. The van der Waals surface area contributed by atoms with E-state index in [1.165, 1.54) is 25.7 Å². The van der Waals surface area contributed by atoms with Crippen LogP contribution in [0, 0.1) is 11.8 Å². The molecule has 1 fully saturated rings. The van der Waals surface area contributed by atoms with Crippen molar-refractivity contribution in [2.75, 3.05) is 6.54 Å². The quantitative estimate of drug-likeness (QED) is 0.728. The van der Waals surface area contributed by atoms with E-state index in [0.29, 0.717) is 18.3 Å². The van der Waals surface area contributed by atoms with Gasteiger partial charge in [-0.05, 0) is 24.7 Å². The molecule has 1 amide bonds. The van der Waals surface area contributed by atoms with Crippen molar-refractivity contribution in [2.45, 2.75) is 52.0 Å². The van der Waals surface area contributed by atoms with Crippen molar-refractivity contribution < 1.29 is 4.79 Å². The second kappa shape index (κ2) is 6.11. The molecule has 0 heterocycles. The monoisotopic (exact) mass is 212 g/mol. The number of carbonyl (C=O) groups is 1.